The van der Waals surface area contributed by atoms with Crippen LogP contribution >= 0.6 is 0 Å². The minimum atomic E-state index is 0.247. The van der Waals surface area contributed by atoms with Gasteiger partial charge in [-0.25, -0.2) is 0 Å². The van der Waals surface area contributed by atoms with Crippen LogP contribution in [0.3, 0.4) is 0 Å². The molecular weight excluding hydrogens is 170 g/mol. The average Bonchev–Trinajstić information content (AvgIpc) is 2.18. The molecule has 0 bridgehead atoms. The van der Waals surface area contributed by atoms with Gasteiger partial charge in [0.2, 0.25) is 0 Å². The summed E-state index contributed by atoms with van der Waals surface area (Å²) < 4.78 is 9.52. The average molecular weight is 177 g/mol. The first-order chi connectivity index (χ1) is 6.31. The molecule has 13 heavy (non-hydrogen) atoms. The van der Waals surface area contributed by atoms with Crippen molar-refractivity contribution in [2.45, 2.75) is 0 Å². The fourth-order valence-electron chi connectivity index (χ4n) is 0.890. The first-order valence-corrected chi connectivity index (χ1v) is 3.50. The Labute approximate surface area is 75.3 Å². The number of nitrogens with zero attached hydrogens (tertiary/aromatic N) is 1. The van der Waals surface area contributed by atoms with Crippen molar-refractivity contribution in [2.75, 3.05) is 7.11 Å². The molecule has 66 valence electrons. The number of benzene rings is 1. The van der Waals surface area contributed by atoms with Crippen molar-refractivity contribution in [1.82, 2.24) is 0 Å². The Morgan fingerprint density at radius 1 is 1.46 bits per heavy atom. The monoisotopic (exact) mass is 177 g/mol. The molecule has 0 amide bonds. The number of carbonyl (C=O) groups excluding carboxylic acids is 1. The van der Waals surface area contributed by atoms with Crippen LogP contribution in [0.1, 0.15) is 5.56 Å². The fraction of sp³-hybridized carbons (Fsp3) is 0.111. The third-order valence-corrected chi connectivity index (χ3v) is 1.47. The molecule has 0 atom stereocenters. The normalized spacial score (nSPS) is 8.62. The molecule has 0 saturated heterocycles. The molecule has 0 aromatic heterocycles. The zero-order valence-corrected chi connectivity index (χ0v) is 6.98. The van der Waals surface area contributed by atoms with Gasteiger partial charge in [0.05, 0.1) is 18.7 Å². The second-order valence-electron chi connectivity index (χ2n) is 2.19. The minimum absolute atomic E-state index is 0.247. The molecule has 4 heteroatoms. The van der Waals surface area contributed by atoms with Gasteiger partial charge in [-0.2, -0.15) is 5.26 Å². The molecule has 0 saturated carbocycles. The summed E-state index contributed by atoms with van der Waals surface area (Å²) in [5.74, 6) is 0.669. The Kier molecular flexibility index (Phi) is 2.87. The standard InChI is InChI=1S/C9H7NO3/c1-12-8-3-2-7(5-10)4-9(8)13-6-11/h2-4,6H,1H3. The van der Waals surface area contributed by atoms with E-state index >= 15 is 0 Å². The zero-order valence-electron chi connectivity index (χ0n) is 6.98. The lowest BCUT2D eigenvalue weighted by Gasteiger charge is -2.04. The first kappa shape index (κ1) is 9.07. The van der Waals surface area contributed by atoms with Crippen LogP contribution in [0.15, 0.2) is 18.2 Å². The highest BCUT2D eigenvalue weighted by Crippen LogP contribution is 2.27. The van der Waals surface area contributed by atoms with Crippen LogP contribution in [0.25, 0.3) is 0 Å². The molecule has 0 spiro atoms. The highest BCUT2D eigenvalue weighted by Gasteiger charge is 2.04. The minimum Gasteiger partial charge on any atom is -0.493 e. The Balaban J connectivity index is 3.11. The fourth-order valence-corrected chi connectivity index (χ4v) is 0.890. The molecule has 0 heterocycles. The highest BCUT2D eigenvalue weighted by atomic mass is 16.5. The van der Waals surface area contributed by atoms with Crippen molar-refractivity contribution in [3.05, 3.63) is 23.8 Å². The smallest absolute Gasteiger partial charge is 0.298 e. The molecule has 1 rings (SSSR count). The molecule has 0 unspecified atom stereocenters. The van der Waals surface area contributed by atoms with Crippen molar-refractivity contribution in [3.8, 4) is 17.6 Å². The van der Waals surface area contributed by atoms with Crippen molar-refractivity contribution < 1.29 is 14.3 Å². The van der Waals surface area contributed by atoms with Crippen LogP contribution in [-0.2, 0) is 4.79 Å². The van der Waals surface area contributed by atoms with E-state index in [4.69, 9.17) is 10.00 Å². The molecule has 0 fully saturated rings. The van der Waals surface area contributed by atoms with E-state index in [0.29, 0.717) is 17.8 Å². The van der Waals surface area contributed by atoms with Gasteiger partial charge in [-0.3, -0.25) is 4.79 Å². The summed E-state index contributed by atoms with van der Waals surface area (Å²) in [6.45, 7) is 0.291. The van der Waals surface area contributed by atoms with Gasteiger partial charge in [0.15, 0.2) is 11.5 Å². The van der Waals surface area contributed by atoms with E-state index in [1.165, 1.54) is 13.2 Å². The number of hydrogen-bond donors (Lipinski definition) is 0. The lowest BCUT2D eigenvalue weighted by atomic mass is 10.2. The Bertz CT molecular complexity index is 354. The number of nitriles is 1. The number of rotatable bonds is 3. The molecule has 0 aliphatic carbocycles. The lowest BCUT2D eigenvalue weighted by molar-refractivity contribution is -0.120. The largest absolute Gasteiger partial charge is 0.493 e. The van der Waals surface area contributed by atoms with E-state index < -0.39 is 0 Å². The molecule has 1 aromatic rings. The summed E-state index contributed by atoms with van der Waals surface area (Å²) in [5, 5.41) is 8.56. The lowest BCUT2D eigenvalue weighted by Crippen LogP contribution is -1.93. The van der Waals surface area contributed by atoms with Gasteiger partial charge in [0.1, 0.15) is 0 Å². The summed E-state index contributed by atoms with van der Waals surface area (Å²) in [4.78, 5) is 10.1. The molecular formula is C9H7NO3. The Morgan fingerprint density at radius 3 is 2.77 bits per heavy atom. The van der Waals surface area contributed by atoms with E-state index in [1.807, 2.05) is 6.07 Å². The predicted molar refractivity (Wildman–Crippen MR) is 44.4 cm³/mol. The van der Waals surface area contributed by atoms with Crippen molar-refractivity contribution in [2.24, 2.45) is 0 Å². The maximum absolute atomic E-state index is 10.1. The molecule has 4 nitrogen and oxygen atoms in total. The third-order valence-electron chi connectivity index (χ3n) is 1.47. The maximum Gasteiger partial charge on any atom is 0.298 e. The number of carbonyl (C=O) groups is 1. The van der Waals surface area contributed by atoms with Crippen LogP contribution in [0, 0.1) is 11.3 Å². The van der Waals surface area contributed by atoms with Gasteiger partial charge in [-0.15, -0.1) is 0 Å². The van der Waals surface area contributed by atoms with Gasteiger partial charge in [0.25, 0.3) is 6.47 Å². The number of methoxy groups -OCH3 is 1. The molecule has 0 aliphatic heterocycles. The second kappa shape index (κ2) is 4.12. The summed E-state index contributed by atoms with van der Waals surface area (Å²) in [5.41, 5.74) is 0.414. The van der Waals surface area contributed by atoms with Crippen molar-refractivity contribution in [3.63, 3.8) is 0 Å². The summed E-state index contributed by atoms with van der Waals surface area (Å²) in [7, 11) is 1.46. The van der Waals surface area contributed by atoms with Crippen LogP contribution in [-0.4, -0.2) is 13.6 Å². The van der Waals surface area contributed by atoms with Crippen molar-refractivity contribution >= 4 is 6.47 Å². The molecule has 0 N–H and O–H groups in total. The van der Waals surface area contributed by atoms with E-state index in [-0.39, 0.29) is 5.75 Å². The summed E-state index contributed by atoms with van der Waals surface area (Å²) in [6, 6.07) is 6.51. The van der Waals surface area contributed by atoms with E-state index in [2.05, 4.69) is 4.74 Å². The molecule has 0 aliphatic rings. The second-order valence-corrected chi connectivity index (χ2v) is 2.19. The third kappa shape index (κ3) is 1.97. The van der Waals surface area contributed by atoms with E-state index in [9.17, 15) is 4.79 Å². The molecule has 1 aromatic carbocycles. The Morgan fingerprint density at radius 2 is 2.23 bits per heavy atom. The quantitative estimate of drug-likeness (QED) is 0.648. The predicted octanol–water partition coefficient (Wildman–Crippen LogP) is 1.10. The van der Waals surface area contributed by atoms with Gasteiger partial charge in [0, 0.05) is 6.07 Å². The Hall–Kier alpha value is -2.02. The summed E-state index contributed by atoms with van der Waals surface area (Å²) in [6.07, 6.45) is 0. The molecule has 0 radical (unpaired) electrons. The highest BCUT2D eigenvalue weighted by molar-refractivity contribution is 5.53. The zero-order chi connectivity index (χ0) is 9.68. The van der Waals surface area contributed by atoms with E-state index in [0.717, 1.165) is 0 Å². The van der Waals surface area contributed by atoms with Gasteiger partial charge in [-0.1, -0.05) is 0 Å². The van der Waals surface area contributed by atoms with E-state index in [1.54, 1.807) is 12.1 Å². The van der Waals surface area contributed by atoms with Crippen LogP contribution in [0.4, 0.5) is 0 Å². The van der Waals surface area contributed by atoms with Crippen LogP contribution < -0.4 is 9.47 Å². The number of hydrogen-bond acceptors (Lipinski definition) is 4. The summed E-state index contributed by atoms with van der Waals surface area (Å²) >= 11 is 0. The maximum atomic E-state index is 10.1. The van der Waals surface area contributed by atoms with Gasteiger partial charge in [-0.05, 0) is 12.1 Å². The van der Waals surface area contributed by atoms with Gasteiger partial charge < -0.3 is 9.47 Å². The first-order valence-electron chi connectivity index (χ1n) is 3.50. The van der Waals surface area contributed by atoms with Crippen molar-refractivity contribution in [1.29, 1.82) is 5.26 Å². The van der Waals surface area contributed by atoms with Gasteiger partial charge >= 0.3 is 0 Å². The van der Waals surface area contributed by atoms with Crippen LogP contribution in [0.5, 0.6) is 11.5 Å². The SMILES string of the molecule is COc1ccc(C#N)cc1OC=O. The number of ether oxygens (including phenoxy) is 2. The topological polar surface area (TPSA) is 59.3 Å². The van der Waals surface area contributed by atoms with Crippen LogP contribution in [0.2, 0.25) is 0 Å².